The fourth-order valence-corrected chi connectivity index (χ4v) is 3.18. The highest BCUT2D eigenvalue weighted by atomic mass is 16.6. The SMILES string of the molecule is CC(C)(C)OC([O-])=NCCCc1[nH]nc(C(N)c2ccccc2)c1-c1ccncc1. The van der Waals surface area contributed by atoms with Crippen molar-refractivity contribution >= 4 is 6.08 Å². The number of aliphatic imine (C=N–C) groups is 1. The Hall–Kier alpha value is -3.19. The number of aromatic amines is 1. The van der Waals surface area contributed by atoms with Gasteiger partial charge in [-0.25, -0.2) is 0 Å². The number of nitrogens with zero attached hydrogens (tertiary/aromatic N) is 3. The second-order valence-electron chi connectivity index (χ2n) is 8.05. The van der Waals surface area contributed by atoms with Crippen molar-refractivity contribution < 1.29 is 9.84 Å². The molecule has 0 radical (unpaired) electrons. The van der Waals surface area contributed by atoms with Crippen LogP contribution < -0.4 is 10.8 Å². The lowest BCUT2D eigenvalue weighted by atomic mass is 9.95. The van der Waals surface area contributed by atoms with Gasteiger partial charge in [0.2, 0.25) is 0 Å². The zero-order valence-electron chi connectivity index (χ0n) is 17.6. The number of aromatic nitrogens is 3. The Kier molecular flexibility index (Phi) is 6.84. The zero-order valence-corrected chi connectivity index (χ0v) is 17.6. The molecule has 0 amide bonds. The number of pyridine rings is 1. The first kappa shape index (κ1) is 21.5. The molecule has 3 N–H and O–H groups in total. The van der Waals surface area contributed by atoms with Crippen LogP contribution in [0.2, 0.25) is 0 Å². The van der Waals surface area contributed by atoms with E-state index in [0.717, 1.165) is 28.1 Å². The maximum absolute atomic E-state index is 11.8. The highest BCUT2D eigenvalue weighted by Crippen LogP contribution is 2.32. The normalized spacial score (nSPS) is 13.3. The Morgan fingerprint density at radius 3 is 2.53 bits per heavy atom. The number of hydrogen-bond donors (Lipinski definition) is 2. The first-order valence-electron chi connectivity index (χ1n) is 10.0. The zero-order chi connectivity index (χ0) is 21.6. The van der Waals surface area contributed by atoms with E-state index in [9.17, 15) is 5.11 Å². The molecule has 0 aliphatic carbocycles. The molecule has 3 rings (SSSR count). The molecular weight excluding hydrogens is 378 g/mol. The Morgan fingerprint density at radius 2 is 1.87 bits per heavy atom. The molecule has 1 atom stereocenters. The largest absolute Gasteiger partial charge is 0.595 e. The lowest BCUT2D eigenvalue weighted by Gasteiger charge is -2.29. The van der Waals surface area contributed by atoms with Gasteiger partial charge >= 0.3 is 0 Å². The average Bonchev–Trinajstić information content (AvgIpc) is 3.14. The molecule has 0 spiro atoms. The van der Waals surface area contributed by atoms with E-state index in [1.807, 2.05) is 63.2 Å². The predicted molar refractivity (Wildman–Crippen MR) is 116 cm³/mol. The summed E-state index contributed by atoms with van der Waals surface area (Å²) in [4.78, 5) is 8.10. The van der Waals surface area contributed by atoms with Gasteiger partial charge < -0.3 is 15.6 Å². The molecule has 3 aromatic rings. The van der Waals surface area contributed by atoms with Crippen LogP contribution in [0.15, 0.2) is 59.9 Å². The quantitative estimate of drug-likeness (QED) is 0.356. The van der Waals surface area contributed by atoms with Crippen molar-refractivity contribution in [1.82, 2.24) is 15.2 Å². The monoisotopic (exact) mass is 406 g/mol. The summed E-state index contributed by atoms with van der Waals surface area (Å²) in [6.45, 7) is 5.85. The van der Waals surface area contributed by atoms with Gasteiger partial charge in [0.15, 0.2) is 0 Å². The fourth-order valence-electron chi connectivity index (χ4n) is 3.18. The van der Waals surface area contributed by atoms with E-state index in [-0.39, 0.29) is 6.04 Å². The summed E-state index contributed by atoms with van der Waals surface area (Å²) in [6, 6.07) is 13.4. The average molecular weight is 407 g/mol. The topological polar surface area (TPSA) is 112 Å². The Bertz CT molecular complexity index is 962. The van der Waals surface area contributed by atoms with Crippen LogP contribution in [0, 0.1) is 0 Å². The van der Waals surface area contributed by atoms with Gasteiger partial charge in [-0.3, -0.25) is 15.1 Å². The standard InChI is InChI=1S/C23H29N5O2/c1-23(2,3)30-22(29)26-13-7-10-18-19(16-11-14-25-15-12-16)21(28-27-18)20(24)17-8-5-4-6-9-17/h4-6,8-9,11-12,14-15,20H,7,10,13,24H2,1-3H3,(H,26,29)(H,27,28)/p-1. The highest BCUT2D eigenvalue weighted by Gasteiger charge is 2.21. The molecule has 0 aliphatic rings. The molecule has 0 bridgehead atoms. The summed E-state index contributed by atoms with van der Waals surface area (Å²) < 4.78 is 5.22. The maximum Gasteiger partial charge on any atom is 0.145 e. The van der Waals surface area contributed by atoms with Crippen LogP contribution in [0.3, 0.4) is 0 Å². The minimum atomic E-state index is -0.541. The van der Waals surface area contributed by atoms with E-state index in [4.69, 9.17) is 10.5 Å². The van der Waals surface area contributed by atoms with E-state index < -0.39 is 11.7 Å². The molecule has 7 nitrogen and oxygen atoms in total. The van der Waals surface area contributed by atoms with Crippen molar-refractivity contribution in [3.63, 3.8) is 0 Å². The van der Waals surface area contributed by atoms with Crippen LogP contribution in [-0.2, 0) is 11.2 Å². The van der Waals surface area contributed by atoms with Crippen LogP contribution in [0.5, 0.6) is 0 Å². The molecule has 0 saturated heterocycles. The molecule has 1 unspecified atom stereocenters. The third kappa shape index (κ3) is 5.67. The van der Waals surface area contributed by atoms with Gasteiger partial charge in [-0.2, -0.15) is 5.10 Å². The number of hydrogen-bond acceptors (Lipinski definition) is 6. The third-order valence-electron chi connectivity index (χ3n) is 4.51. The maximum atomic E-state index is 11.8. The number of benzene rings is 1. The molecule has 0 aliphatic heterocycles. The molecule has 7 heteroatoms. The van der Waals surface area contributed by atoms with Gasteiger partial charge in [0.1, 0.15) is 6.08 Å². The van der Waals surface area contributed by atoms with Crippen molar-refractivity contribution in [2.24, 2.45) is 10.7 Å². The molecular formula is C23H28N5O2-. The van der Waals surface area contributed by atoms with E-state index in [0.29, 0.717) is 19.4 Å². The second kappa shape index (κ2) is 9.54. The van der Waals surface area contributed by atoms with Gasteiger partial charge in [-0.05, 0) is 36.1 Å². The molecule has 0 fully saturated rings. The number of ether oxygens (including phenoxy) is 1. The minimum Gasteiger partial charge on any atom is -0.595 e. The van der Waals surface area contributed by atoms with E-state index in [1.165, 1.54) is 0 Å². The fraction of sp³-hybridized carbons (Fsp3) is 0.348. The number of nitrogens with one attached hydrogen (secondary N) is 1. The Morgan fingerprint density at radius 1 is 1.17 bits per heavy atom. The molecule has 0 saturated carbocycles. The summed E-state index contributed by atoms with van der Waals surface area (Å²) >= 11 is 0. The predicted octanol–water partition coefficient (Wildman–Crippen LogP) is 2.98. The summed E-state index contributed by atoms with van der Waals surface area (Å²) in [5, 5.41) is 19.5. The summed E-state index contributed by atoms with van der Waals surface area (Å²) in [5.41, 5.74) is 10.7. The van der Waals surface area contributed by atoms with E-state index in [2.05, 4.69) is 20.2 Å². The first-order chi connectivity index (χ1) is 14.3. The van der Waals surface area contributed by atoms with E-state index in [1.54, 1.807) is 12.4 Å². The molecule has 30 heavy (non-hydrogen) atoms. The van der Waals surface area contributed by atoms with Crippen molar-refractivity contribution in [3.8, 4) is 11.1 Å². The van der Waals surface area contributed by atoms with Gasteiger partial charge in [0, 0.05) is 35.8 Å². The summed E-state index contributed by atoms with van der Waals surface area (Å²) in [5.74, 6) is 0. The lowest BCUT2D eigenvalue weighted by molar-refractivity contribution is -0.260. The van der Waals surface area contributed by atoms with Crippen LogP contribution in [-0.4, -0.2) is 33.4 Å². The minimum absolute atomic E-state index is 0.356. The van der Waals surface area contributed by atoms with E-state index >= 15 is 0 Å². The number of rotatable bonds is 7. The van der Waals surface area contributed by atoms with Gasteiger partial charge in [0.05, 0.1) is 11.7 Å². The summed E-state index contributed by atoms with van der Waals surface area (Å²) in [7, 11) is 0. The van der Waals surface area contributed by atoms with Crippen molar-refractivity contribution in [2.45, 2.75) is 45.3 Å². The number of nitrogens with two attached hydrogens (primary N) is 1. The smallest absolute Gasteiger partial charge is 0.145 e. The Labute approximate surface area is 177 Å². The van der Waals surface area contributed by atoms with Crippen molar-refractivity contribution in [1.29, 1.82) is 0 Å². The van der Waals surface area contributed by atoms with Crippen LogP contribution in [0.25, 0.3) is 11.1 Å². The second-order valence-corrected chi connectivity index (χ2v) is 8.05. The van der Waals surface area contributed by atoms with Crippen LogP contribution in [0.4, 0.5) is 0 Å². The van der Waals surface area contributed by atoms with Crippen LogP contribution in [0.1, 0.15) is 50.2 Å². The van der Waals surface area contributed by atoms with Gasteiger partial charge in [-0.15, -0.1) is 0 Å². The molecule has 158 valence electrons. The van der Waals surface area contributed by atoms with Crippen molar-refractivity contribution in [3.05, 3.63) is 71.8 Å². The number of aryl methyl sites for hydroxylation is 1. The molecule has 2 aromatic heterocycles. The third-order valence-corrected chi connectivity index (χ3v) is 4.51. The lowest BCUT2D eigenvalue weighted by Crippen LogP contribution is -2.32. The van der Waals surface area contributed by atoms with Crippen molar-refractivity contribution in [2.75, 3.05) is 6.54 Å². The van der Waals surface area contributed by atoms with Crippen LogP contribution >= 0.6 is 0 Å². The first-order valence-corrected chi connectivity index (χ1v) is 10.0. The van der Waals surface area contributed by atoms with Gasteiger partial charge in [-0.1, -0.05) is 51.1 Å². The highest BCUT2D eigenvalue weighted by molar-refractivity contribution is 5.69. The molecule has 1 aromatic carbocycles. The number of H-pyrrole nitrogens is 1. The summed E-state index contributed by atoms with van der Waals surface area (Å²) in [6.07, 6.45) is 4.33. The molecule has 2 heterocycles. The van der Waals surface area contributed by atoms with Gasteiger partial charge in [0.25, 0.3) is 0 Å². The Balaban J connectivity index is 1.80.